The molecule has 0 unspecified atom stereocenters. The lowest BCUT2D eigenvalue weighted by Crippen LogP contribution is -2.59. The van der Waals surface area contributed by atoms with Crippen LogP contribution in [0, 0.1) is 5.92 Å². The monoisotopic (exact) mass is 692 g/mol. The molecule has 2 aromatic rings. The van der Waals surface area contributed by atoms with Gasteiger partial charge in [0.2, 0.25) is 23.6 Å². The van der Waals surface area contributed by atoms with Gasteiger partial charge in [0.25, 0.3) is 0 Å². The number of hydrogen-bond donors (Lipinski definition) is 7. The first-order valence-electron chi connectivity index (χ1n) is 18.1. The van der Waals surface area contributed by atoms with Crippen molar-refractivity contribution in [3.8, 4) is 0 Å². The number of carbonyl (C=O) groups excluding carboxylic acids is 4. The lowest BCUT2D eigenvalue weighted by molar-refractivity contribution is -0.139. The van der Waals surface area contributed by atoms with Crippen LogP contribution in [0.2, 0.25) is 0 Å². The van der Waals surface area contributed by atoms with Gasteiger partial charge in [-0.1, -0.05) is 74.5 Å². The molecule has 0 spiro atoms. The first-order chi connectivity index (χ1) is 23.9. The minimum absolute atomic E-state index is 0.0552. The van der Waals surface area contributed by atoms with E-state index in [0.29, 0.717) is 71.2 Å². The summed E-state index contributed by atoms with van der Waals surface area (Å²) in [5.41, 5.74) is 19.3. The summed E-state index contributed by atoms with van der Waals surface area (Å²) < 4.78 is 0. The summed E-state index contributed by atoms with van der Waals surface area (Å²) in [7, 11) is 0. The van der Waals surface area contributed by atoms with Crippen molar-refractivity contribution < 1.29 is 19.2 Å². The fourth-order valence-electron chi connectivity index (χ4n) is 6.15. The second kappa shape index (κ2) is 20.7. The average Bonchev–Trinajstić information content (AvgIpc) is 3.09. The summed E-state index contributed by atoms with van der Waals surface area (Å²) in [5, 5.41) is 12.1. The Morgan fingerprint density at radius 1 is 0.720 bits per heavy atom. The highest BCUT2D eigenvalue weighted by Gasteiger charge is 2.35. The number of likely N-dealkylation sites (tertiary alicyclic amines) is 1. The number of benzene rings is 2. The maximum atomic E-state index is 14.1. The van der Waals surface area contributed by atoms with E-state index >= 15 is 0 Å². The molecule has 1 aliphatic heterocycles. The summed E-state index contributed by atoms with van der Waals surface area (Å²) in [5.74, 6) is -1.35. The summed E-state index contributed by atoms with van der Waals surface area (Å²) in [6.07, 6.45) is 4.16. The summed E-state index contributed by atoms with van der Waals surface area (Å²) in [6.45, 7) is 8.22. The van der Waals surface area contributed by atoms with Crippen LogP contribution in [0.3, 0.4) is 0 Å². The molecule has 1 aliphatic rings. The number of amides is 4. The third kappa shape index (κ3) is 13.8. The highest BCUT2D eigenvalue weighted by atomic mass is 16.2. The molecule has 10 N–H and O–H groups in total. The molecule has 0 radical (unpaired) electrons. The molecule has 0 saturated carbocycles. The van der Waals surface area contributed by atoms with Gasteiger partial charge in [-0.25, -0.2) is 0 Å². The maximum Gasteiger partial charge on any atom is 0.245 e. The van der Waals surface area contributed by atoms with Gasteiger partial charge in [0.15, 0.2) is 0 Å². The van der Waals surface area contributed by atoms with E-state index in [-0.39, 0.29) is 29.7 Å². The number of unbranched alkanes of at least 4 members (excludes halogenated alkanes) is 1. The van der Waals surface area contributed by atoms with E-state index in [4.69, 9.17) is 17.2 Å². The summed E-state index contributed by atoms with van der Waals surface area (Å²) in [6, 6.07) is 15.8. The van der Waals surface area contributed by atoms with Gasteiger partial charge in [0.1, 0.15) is 18.1 Å². The number of rotatable bonds is 20. The number of piperidine rings is 1. The van der Waals surface area contributed by atoms with Crippen molar-refractivity contribution in [1.29, 1.82) is 0 Å². The largest absolute Gasteiger partial charge is 0.343 e. The highest BCUT2D eigenvalue weighted by Crippen LogP contribution is 2.20. The predicted octanol–water partition coefficient (Wildman–Crippen LogP) is 1.36. The zero-order chi connectivity index (χ0) is 36.5. The first kappa shape index (κ1) is 40.6. The van der Waals surface area contributed by atoms with E-state index in [9.17, 15) is 19.2 Å². The molecule has 1 heterocycles. The lowest BCUT2D eigenvalue weighted by atomic mass is 9.90. The molecular formula is C38H60N8O4. The number of hydrogen-bond acceptors (Lipinski definition) is 8. The molecule has 0 bridgehead atoms. The first-order valence-corrected chi connectivity index (χ1v) is 18.1. The van der Waals surface area contributed by atoms with Gasteiger partial charge in [-0.3, -0.25) is 19.2 Å². The molecule has 0 aromatic heterocycles. The third-order valence-electron chi connectivity index (χ3n) is 9.17. The molecule has 4 amide bonds. The van der Waals surface area contributed by atoms with Gasteiger partial charge in [0.05, 0.1) is 6.04 Å². The van der Waals surface area contributed by atoms with Crippen LogP contribution < -0.4 is 38.5 Å². The fraction of sp³-hybridized carbons (Fsp3) is 0.579. The standard InChI is InChI=1S/C38H60N8O4/c1-27(2)24-32(35(48)43-30(16-10-11-19-39)37(50)46-22-17-38(3,41)18-23-46)44-36(49)33(26-29-14-8-5-9-15-29)45-34(47)31(42-21-20-40)25-28-12-6-4-7-13-28/h4-9,12-15,27,30-33,42H,10-11,16-26,39-41H2,1-3H3,(H,43,48)(H,44,49)(H,45,47)/t30-,31-,32-,33-/m1/s1. The smallest absolute Gasteiger partial charge is 0.245 e. The van der Waals surface area contributed by atoms with Gasteiger partial charge in [-0.15, -0.1) is 0 Å². The highest BCUT2D eigenvalue weighted by molar-refractivity contribution is 5.95. The minimum atomic E-state index is -0.966. The van der Waals surface area contributed by atoms with Gasteiger partial charge < -0.3 is 43.4 Å². The molecule has 12 heteroatoms. The summed E-state index contributed by atoms with van der Waals surface area (Å²) >= 11 is 0. The Morgan fingerprint density at radius 3 is 1.76 bits per heavy atom. The van der Waals surface area contributed by atoms with E-state index in [1.54, 1.807) is 4.90 Å². The van der Waals surface area contributed by atoms with Crippen LogP contribution in [0.4, 0.5) is 0 Å². The van der Waals surface area contributed by atoms with Gasteiger partial charge in [-0.2, -0.15) is 0 Å². The normalized spacial score (nSPS) is 16.6. The second-order valence-electron chi connectivity index (χ2n) is 14.3. The molecule has 2 aromatic carbocycles. The van der Waals surface area contributed by atoms with Crippen molar-refractivity contribution in [1.82, 2.24) is 26.2 Å². The van der Waals surface area contributed by atoms with E-state index in [2.05, 4.69) is 21.3 Å². The molecule has 50 heavy (non-hydrogen) atoms. The Hall–Kier alpha value is -3.84. The van der Waals surface area contributed by atoms with Gasteiger partial charge >= 0.3 is 0 Å². The van der Waals surface area contributed by atoms with Crippen molar-refractivity contribution >= 4 is 23.6 Å². The van der Waals surface area contributed by atoms with Crippen molar-refractivity contribution in [2.45, 2.75) is 102 Å². The number of nitrogens with two attached hydrogens (primary N) is 3. The molecule has 276 valence electrons. The summed E-state index contributed by atoms with van der Waals surface area (Å²) in [4.78, 5) is 57.2. The van der Waals surface area contributed by atoms with Crippen LogP contribution in [-0.2, 0) is 32.0 Å². The number of nitrogens with zero attached hydrogens (tertiary/aromatic N) is 1. The van der Waals surface area contributed by atoms with E-state index < -0.39 is 36.0 Å². The molecule has 12 nitrogen and oxygen atoms in total. The maximum absolute atomic E-state index is 14.1. The molecule has 3 rings (SSSR count). The van der Waals surface area contributed by atoms with Crippen LogP contribution in [0.5, 0.6) is 0 Å². The van der Waals surface area contributed by atoms with E-state index in [0.717, 1.165) is 17.5 Å². The van der Waals surface area contributed by atoms with Crippen molar-refractivity contribution in [3.05, 3.63) is 71.8 Å². The number of carbonyl (C=O) groups is 4. The molecule has 1 fully saturated rings. The SMILES string of the molecule is CC(C)C[C@@H](NC(=O)[C@@H](Cc1ccccc1)NC(=O)[C@@H](Cc1ccccc1)NCCN)C(=O)N[C@H](CCCCN)C(=O)N1CCC(C)(N)CC1. The quantitative estimate of drug-likeness (QED) is 0.101. The van der Waals surface area contributed by atoms with Crippen molar-refractivity contribution in [2.75, 3.05) is 32.7 Å². The molecule has 1 saturated heterocycles. The predicted molar refractivity (Wildman–Crippen MR) is 198 cm³/mol. The Morgan fingerprint density at radius 2 is 1.22 bits per heavy atom. The van der Waals surface area contributed by atoms with Crippen molar-refractivity contribution in [3.63, 3.8) is 0 Å². The fourth-order valence-corrected chi connectivity index (χ4v) is 6.15. The topological polar surface area (TPSA) is 198 Å². The van der Waals surface area contributed by atoms with Crippen LogP contribution in [0.25, 0.3) is 0 Å². The number of nitrogens with one attached hydrogen (secondary N) is 4. The molecular weight excluding hydrogens is 632 g/mol. The Balaban J connectivity index is 1.81. The van der Waals surface area contributed by atoms with Crippen LogP contribution in [0.15, 0.2) is 60.7 Å². The zero-order valence-electron chi connectivity index (χ0n) is 30.2. The van der Waals surface area contributed by atoms with E-state index in [1.807, 2.05) is 81.4 Å². The van der Waals surface area contributed by atoms with Crippen molar-refractivity contribution in [2.24, 2.45) is 23.1 Å². The van der Waals surface area contributed by atoms with Gasteiger partial charge in [0, 0.05) is 38.1 Å². The average molecular weight is 693 g/mol. The minimum Gasteiger partial charge on any atom is -0.343 e. The van der Waals surface area contributed by atoms with Gasteiger partial charge in [-0.05, 0) is 75.5 Å². The second-order valence-corrected chi connectivity index (χ2v) is 14.3. The van der Waals surface area contributed by atoms with Crippen LogP contribution >= 0.6 is 0 Å². The third-order valence-corrected chi connectivity index (χ3v) is 9.17. The Labute approximate surface area is 298 Å². The van der Waals surface area contributed by atoms with Crippen LogP contribution in [0.1, 0.15) is 70.4 Å². The lowest BCUT2D eigenvalue weighted by Gasteiger charge is -2.38. The molecule has 4 atom stereocenters. The molecule has 0 aliphatic carbocycles. The van der Waals surface area contributed by atoms with E-state index in [1.165, 1.54) is 0 Å². The Bertz CT molecular complexity index is 1330. The Kier molecular flexibility index (Phi) is 16.8. The van der Waals surface area contributed by atoms with Crippen LogP contribution in [-0.4, -0.2) is 91.0 Å². The zero-order valence-corrected chi connectivity index (χ0v) is 30.2.